The molecule has 1 N–H and O–H groups in total. The van der Waals surface area contributed by atoms with Crippen LogP contribution in [0.15, 0.2) is 18.2 Å². The topological polar surface area (TPSA) is 75.2 Å². The number of halogens is 2. The van der Waals surface area contributed by atoms with Gasteiger partial charge in [0.1, 0.15) is 16.5 Å². The third-order valence-electron chi connectivity index (χ3n) is 5.63. The molecule has 2 amide bonds. The maximum absolute atomic E-state index is 13.9. The molecule has 0 bridgehead atoms. The number of nitrogens with zero attached hydrogens (tertiary/aromatic N) is 3. The van der Waals surface area contributed by atoms with Crippen LogP contribution in [0.4, 0.5) is 8.78 Å². The van der Waals surface area contributed by atoms with Crippen LogP contribution in [0.5, 0.6) is 0 Å². The molecule has 4 rings (SSSR count). The summed E-state index contributed by atoms with van der Waals surface area (Å²) < 4.78 is 31.6. The van der Waals surface area contributed by atoms with Gasteiger partial charge in [-0.1, -0.05) is 10.9 Å². The monoisotopic (exact) mass is 406 g/mol. The van der Waals surface area contributed by atoms with Gasteiger partial charge in [0, 0.05) is 31.5 Å². The van der Waals surface area contributed by atoms with Gasteiger partial charge in [-0.05, 0) is 49.0 Å². The zero-order valence-electron chi connectivity index (χ0n) is 15.4. The van der Waals surface area contributed by atoms with Gasteiger partial charge < -0.3 is 10.2 Å². The highest BCUT2D eigenvalue weighted by Gasteiger charge is 2.50. The van der Waals surface area contributed by atoms with Gasteiger partial charge in [0.2, 0.25) is 5.91 Å². The van der Waals surface area contributed by atoms with Crippen LogP contribution in [0.3, 0.4) is 0 Å². The summed E-state index contributed by atoms with van der Waals surface area (Å²) in [6.07, 6.45) is 2.61. The molecule has 0 saturated carbocycles. The van der Waals surface area contributed by atoms with Gasteiger partial charge in [0.15, 0.2) is 0 Å². The number of carbonyl (C=O) groups is 2. The standard InChI is InChI=1S/C19H20F2N4O2S/c1-11-17(28-24-23-11)18(27)25-9-15(12-6-13(20)8-14(21)7-12)19(10-25)5-3-2-4-16(26)22-19/h6-8,15H,2-5,9-10H2,1H3,(H,22,26)/t15-,19+/m0/s1. The fourth-order valence-electron chi connectivity index (χ4n) is 4.35. The quantitative estimate of drug-likeness (QED) is 0.832. The number of aryl methyl sites for hydroxylation is 1. The minimum atomic E-state index is -0.741. The highest BCUT2D eigenvalue weighted by molar-refractivity contribution is 7.07. The van der Waals surface area contributed by atoms with Crippen LogP contribution in [-0.4, -0.2) is 44.9 Å². The average molecular weight is 406 g/mol. The van der Waals surface area contributed by atoms with E-state index in [9.17, 15) is 18.4 Å². The first-order chi connectivity index (χ1) is 13.4. The summed E-state index contributed by atoms with van der Waals surface area (Å²) in [7, 11) is 0. The predicted molar refractivity (Wildman–Crippen MR) is 99.0 cm³/mol. The van der Waals surface area contributed by atoms with Crippen LogP contribution in [0, 0.1) is 18.6 Å². The molecule has 0 unspecified atom stereocenters. The van der Waals surface area contributed by atoms with E-state index in [1.807, 2.05) is 0 Å². The molecular weight excluding hydrogens is 386 g/mol. The van der Waals surface area contributed by atoms with Crippen LogP contribution in [0.1, 0.15) is 52.5 Å². The molecule has 0 radical (unpaired) electrons. The van der Waals surface area contributed by atoms with Crippen molar-refractivity contribution in [3.8, 4) is 0 Å². The third-order valence-corrected chi connectivity index (χ3v) is 6.44. The molecule has 1 spiro atoms. The number of nitrogens with one attached hydrogen (secondary N) is 1. The van der Waals surface area contributed by atoms with Crippen LogP contribution in [-0.2, 0) is 4.79 Å². The van der Waals surface area contributed by atoms with Crippen molar-refractivity contribution in [1.29, 1.82) is 0 Å². The fourth-order valence-corrected chi connectivity index (χ4v) is 4.97. The Bertz CT molecular complexity index is 914. The Morgan fingerprint density at radius 3 is 2.71 bits per heavy atom. The highest BCUT2D eigenvalue weighted by Crippen LogP contribution is 2.42. The number of likely N-dealkylation sites (tertiary alicyclic amines) is 1. The average Bonchev–Trinajstić information content (AvgIpc) is 3.16. The number of rotatable bonds is 2. The molecule has 2 atom stereocenters. The highest BCUT2D eigenvalue weighted by atomic mass is 32.1. The van der Waals surface area contributed by atoms with Crippen molar-refractivity contribution in [3.05, 3.63) is 46.0 Å². The number of hydrogen-bond donors (Lipinski definition) is 1. The molecule has 2 fully saturated rings. The first-order valence-electron chi connectivity index (χ1n) is 9.23. The Balaban J connectivity index is 1.73. The molecule has 0 aliphatic carbocycles. The van der Waals surface area contributed by atoms with Crippen LogP contribution < -0.4 is 5.32 Å². The minimum absolute atomic E-state index is 0.0932. The van der Waals surface area contributed by atoms with Crippen molar-refractivity contribution >= 4 is 23.3 Å². The van der Waals surface area contributed by atoms with Crippen LogP contribution >= 0.6 is 11.5 Å². The summed E-state index contributed by atoms with van der Waals surface area (Å²) in [6.45, 7) is 2.27. The van der Waals surface area contributed by atoms with Crippen LogP contribution in [0.25, 0.3) is 0 Å². The van der Waals surface area contributed by atoms with Gasteiger partial charge in [-0.25, -0.2) is 8.78 Å². The van der Waals surface area contributed by atoms with Crippen LogP contribution in [0.2, 0.25) is 0 Å². The number of aromatic nitrogens is 2. The largest absolute Gasteiger partial charge is 0.348 e. The zero-order chi connectivity index (χ0) is 19.9. The summed E-state index contributed by atoms with van der Waals surface area (Å²) in [5, 5.41) is 6.97. The Kier molecular flexibility index (Phi) is 4.86. The summed E-state index contributed by atoms with van der Waals surface area (Å²) >= 11 is 1.03. The van der Waals surface area contributed by atoms with E-state index in [4.69, 9.17) is 0 Å². The molecule has 2 aliphatic heterocycles. The second-order valence-corrected chi connectivity index (χ2v) is 8.29. The van der Waals surface area contributed by atoms with Crippen molar-refractivity contribution in [1.82, 2.24) is 19.8 Å². The van der Waals surface area contributed by atoms with E-state index < -0.39 is 23.1 Å². The lowest BCUT2D eigenvalue weighted by Crippen LogP contribution is -2.52. The Morgan fingerprint density at radius 2 is 2.04 bits per heavy atom. The van der Waals surface area contributed by atoms with Gasteiger partial charge in [0.05, 0.1) is 11.2 Å². The number of hydrogen-bond acceptors (Lipinski definition) is 5. The zero-order valence-corrected chi connectivity index (χ0v) is 16.2. The first kappa shape index (κ1) is 18.9. The molecule has 148 valence electrons. The minimum Gasteiger partial charge on any atom is -0.348 e. The van der Waals surface area contributed by atoms with E-state index in [-0.39, 0.29) is 24.9 Å². The second kappa shape index (κ2) is 7.20. The lowest BCUT2D eigenvalue weighted by molar-refractivity contribution is -0.122. The lowest BCUT2D eigenvalue weighted by atomic mass is 9.79. The van der Waals surface area contributed by atoms with Gasteiger partial charge in [0.25, 0.3) is 5.91 Å². The van der Waals surface area contributed by atoms with E-state index in [0.717, 1.165) is 30.4 Å². The summed E-state index contributed by atoms with van der Waals surface area (Å²) in [5.74, 6) is -2.05. The van der Waals surface area contributed by atoms with Gasteiger partial charge in [-0.2, -0.15) is 0 Å². The van der Waals surface area contributed by atoms with E-state index in [1.54, 1.807) is 11.8 Å². The Morgan fingerprint density at radius 1 is 1.29 bits per heavy atom. The van der Waals surface area contributed by atoms with E-state index in [2.05, 4.69) is 14.9 Å². The normalized spacial score (nSPS) is 25.0. The number of amides is 2. The molecule has 6 nitrogen and oxygen atoms in total. The summed E-state index contributed by atoms with van der Waals surface area (Å²) in [5.41, 5.74) is 0.263. The molecule has 9 heteroatoms. The van der Waals surface area contributed by atoms with Crippen molar-refractivity contribution in [2.45, 2.75) is 44.1 Å². The Hall–Kier alpha value is -2.42. The molecule has 1 aromatic heterocycles. The van der Waals surface area contributed by atoms with E-state index in [1.165, 1.54) is 12.1 Å². The predicted octanol–water partition coefficient (Wildman–Crippen LogP) is 2.79. The summed E-state index contributed by atoms with van der Waals surface area (Å²) in [6, 6.07) is 3.41. The van der Waals surface area contributed by atoms with Gasteiger partial charge in [-0.15, -0.1) is 5.10 Å². The van der Waals surface area contributed by atoms with Gasteiger partial charge in [-0.3, -0.25) is 9.59 Å². The van der Waals surface area contributed by atoms with Crippen molar-refractivity contribution < 1.29 is 18.4 Å². The molecular formula is C19H20F2N4O2S. The maximum atomic E-state index is 13.9. The summed E-state index contributed by atoms with van der Waals surface area (Å²) in [4.78, 5) is 27.4. The smallest absolute Gasteiger partial charge is 0.267 e. The number of carbonyl (C=O) groups excluding carboxylic acids is 2. The van der Waals surface area contributed by atoms with E-state index in [0.29, 0.717) is 29.0 Å². The molecule has 3 heterocycles. The van der Waals surface area contributed by atoms with E-state index >= 15 is 0 Å². The van der Waals surface area contributed by atoms with Gasteiger partial charge >= 0.3 is 0 Å². The molecule has 2 aromatic rings. The molecule has 28 heavy (non-hydrogen) atoms. The Labute approximate surface area is 165 Å². The SMILES string of the molecule is Cc1nnsc1C(=O)N1C[C@@H](c2cc(F)cc(F)c2)[C@@]2(CCCCC(=O)N2)C1. The third kappa shape index (κ3) is 3.39. The molecule has 2 saturated heterocycles. The molecule has 1 aromatic carbocycles. The first-order valence-corrected chi connectivity index (χ1v) is 10.0. The number of benzene rings is 1. The van der Waals surface area contributed by atoms with Crippen molar-refractivity contribution in [3.63, 3.8) is 0 Å². The fraction of sp³-hybridized carbons (Fsp3) is 0.474. The lowest BCUT2D eigenvalue weighted by Gasteiger charge is -2.34. The van der Waals surface area contributed by atoms with Crippen molar-refractivity contribution in [2.24, 2.45) is 0 Å². The van der Waals surface area contributed by atoms with Crippen molar-refractivity contribution in [2.75, 3.05) is 13.1 Å². The molecule has 2 aliphatic rings. The second-order valence-electron chi connectivity index (χ2n) is 7.54. The maximum Gasteiger partial charge on any atom is 0.267 e.